The average Bonchev–Trinajstić information content (AvgIpc) is 2.42. The molecule has 0 amide bonds. The van der Waals surface area contributed by atoms with E-state index >= 15 is 0 Å². The van der Waals surface area contributed by atoms with Crippen LogP contribution in [0.1, 0.15) is 5.56 Å². The van der Waals surface area contributed by atoms with E-state index in [0.29, 0.717) is 36.8 Å². The van der Waals surface area contributed by atoms with Gasteiger partial charge in [-0.1, -0.05) is 16.8 Å². The molecule has 0 spiro atoms. The minimum atomic E-state index is -0.453. The standard InChI is InChI=1S/C12H15ClFN3O2/c13-10-2-1-9(14)5-8(10)6-17-3-4-19-11(7-17)12(15)16-18/h1-2,5,11,18H,3-4,6-7H2,(H2,15,16). The highest BCUT2D eigenvalue weighted by Crippen LogP contribution is 2.20. The van der Waals surface area contributed by atoms with Gasteiger partial charge in [0.05, 0.1) is 6.61 Å². The molecule has 104 valence electrons. The van der Waals surface area contributed by atoms with Gasteiger partial charge in [0.1, 0.15) is 11.9 Å². The molecule has 0 saturated carbocycles. The number of benzene rings is 1. The second kappa shape index (κ2) is 6.18. The van der Waals surface area contributed by atoms with Gasteiger partial charge in [-0.3, -0.25) is 4.90 Å². The van der Waals surface area contributed by atoms with Crippen LogP contribution in [0.5, 0.6) is 0 Å². The fourth-order valence-corrected chi connectivity index (χ4v) is 2.17. The lowest BCUT2D eigenvalue weighted by Gasteiger charge is -2.32. The first-order valence-corrected chi connectivity index (χ1v) is 6.23. The van der Waals surface area contributed by atoms with Gasteiger partial charge in [0.15, 0.2) is 5.84 Å². The second-order valence-corrected chi connectivity index (χ2v) is 4.76. The predicted molar refractivity (Wildman–Crippen MR) is 69.8 cm³/mol. The van der Waals surface area contributed by atoms with Gasteiger partial charge in [-0.05, 0) is 23.8 Å². The van der Waals surface area contributed by atoms with Crippen molar-refractivity contribution < 1.29 is 14.3 Å². The maximum absolute atomic E-state index is 13.2. The Morgan fingerprint density at radius 2 is 2.42 bits per heavy atom. The molecule has 1 unspecified atom stereocenters. The van der Waals surface area contributed by atoms with Crippen LogP contribution in [0.15, 0.2) is 23.4 Å². The van der Waals surface area contributed by atoms with Gasteiger partial charge in [0.25, 0.3) is 0 Å². The van der Waals surface area contributed by atoms with Gasteiger partial charge in [-0.15, -0.1) is 0 Å². The van der Waals surface area contributed by atoms with Crippen molar-refractivity contribution >= 4 is 17.4 Å². The summed E-state index contributed by atoms with van der Waals surface area (Å²) in [5, 5.41) is 12.1. The van der Waals surface area contributed by atoms with Crippen LogP contribution in [-0.2, 0) is 11.3 Å². The Balaban J connectivity index is 2.04. The fraction of sp³-hybridized carbons (Fsp3) is 0.417. The van der Waals surface area contributed by atoms with Crippen LogP contribution in [0, 0.1) is 5.82 Å². The third kappa shape index (κ3) is 3.56. The van der Waals surface area contributed by atoms with Crippen molar-refractivity contribution in [3.63, 3.8) is 0 Å². The maximum atomic E-state index is 13.2. The van der Waals surface area contributed by atoms with Crippen molar-refractivity contribution in [2.75, 3.05) is 19.7 Å². The topological polar surface area (TPSA) is 71.1 Å². The van der Waals surface area contributed by atoms with Crippen LogP contribution in [0.3, 0.4) is 0 Å². The summed E-state index contributed by atoms with van der Waals surface area (Å²) < 4.78 is 18.6. The lowest BCUT2D eigenvalue weighted by molar-refractivity contribution is 0.00140. The Kier molecular flexibility index (Phi) is 4.57. The molecule has 0 radical (unpaired) electrons. The number of oxime groups is 1. The molecule has 0 bridgehead atoms. The summed E-state index contributed by atoms with van der Waals surface area (Å²) in [5.41, 5.74) is 6.23. The molecule has 1 saturated heterocycles. The molecule has 1 heterocycles. The summed E-state index contributed by atoms with van der Waals surface area (Å²) >= 11 is 6.03. The Bertz CT molecular complexity index is 484. The van der Waals surface area contributed by atoms with E-state index in [1.807, 2.05) is 4.90 Å². The van der Waals surface area contributed by atoms with Gasteiger partial charge in [-0.25, -0.2) is 4.39 Å². The van der Waals surface area contributed by atoms with E-state index in [4.69, 9.17) is 27.3 Å². The summed E-state index contributed by atoms with van der Waals surface area (Å²) in [4.78, 5) is 2.02. The molecule has 7 heteroatoms. The van der Waals surface area contributed by atoms with E-state index in [1.165, 1.54) is 18.2 Å². The molecule has 5 nitrogen and oxygen atoms in total. The fourth-order valence-electron chi connectivity index (χ4n) is 1.99. The van der Waals surface area contributed by atoms with Crippen LogP contribution < -0.4 is 5.73 Å². The number of ether oxygens (including phenoxy) is 1. The van der Waals surface area contributed by atoms with Crippen molar-refractivity contribution in [2.24, 2.45) is 10.9 Å². The van der Waals surface area contributed by atoms with Crippen LogP contribution >= 0.6 is 11.6 Å². The molecule has 3 N–H and O–H groups in total. The number of amidine groups is 1. The SMILES string of the molecule is N/C(=N/O)C1CN(Cc2cc(F)ccc2Cl)CCO1. The number of hydrogen-bond acceptors (Lipinski definition) is 4. The van der Waals surface area contributed by atoms with Gasteiger partial charge in [-0.2, -0.15) is 0 Å². The molecule has 2 rings (SSSR count). The smallest absolute Gasteiger partial charge is 0.169 e. The number of morpholine rings is 1. The van der Waals surface area contributed by atoms with Crippen molar-refractivity contribution in [3.8, 4) is 0 Å². The largest absolute Gasteiger partial charge is 0.409 e. The van der Waals surface area contributed by atoms with E-state index in [1.54, 1.807) is 0 Å². The first-order valence-electron chi connectivity index (χ1n) is 5.85. The molecule has 1 aromatic carbocycles. The highest BCUT2D eigenvalue weighted by atomic mass is 35.5. The summed E-state index contributed by atoms with van der Waals surface area (Å²) in [7, 11) is 0. The van der Waals surface area contributed by atoms with Crippen LogP contribution in [-0.4, -0.2) is 41.7 Å². The van der Waals surface area contributed by atoms with Gasteiger partial charge < -0.3 is 15.7 Å². The van der Waals surface area contributed by atoms with E-state index in [9.17, 15) is 4.39 Å². The highest BCUT2D eigenvalue weighted by molar-refractivity contribution is 6.31. The number of hydrogen-bond donors (Lipinski definition) is 2. The zero-order chi connectivity index (χ0) is 13.8. The normalized spacial score (nSPS) is 21.6. The van der Waals surface area contributed by atoms with Crippen LogP contribution in [0.25, 0.3) is 0 Å². The highest BCUT2D eigenvalue weighted by Gasteiger charge is 2.24. The molecule has 1 aliphatic heterocycles. The third-order valence-electron chi connectivity index (χ3n) is 3.00. The zero-order valence-electron chi connectivity index (χ0n) is 10.2. The predicted octanol–water partition coefficient (Wildman–Crippen LogP) is 1.43. The molecule has 0 aromatic heterocycles. The molecule has 1 aliphatic rings. The molecular formula is C12H15ClFN3O2. The van der Waals surface area contributed by atoms with Crippen molar-refractivity contribution in [1.82, 2.24) is 4.90 Å². The minimum Gasteiger partial charge on any atom is -0.409 e. The van der Waals surface area contributed by atoms with Gasteiger partial charge >= 0.3 is 0 Å². The Morgan fingerprint density at radius 1 is 1.63 bits per heavy atom. The first kappa shape index (κ1) is 14.0. The maximum Gasteiger partial charge on any atom is 0.169 e. The van der Waals surface area contributed by atoms with E-state index in [2.05, 4.69) is 5.16 Å². The van der Waals surface area contributed by atoms with E-state index < -0.39 is 6.10 Å². The number of rotatable bonds is 3. The Labute approximate surface area is 115 Å². The number of nitrogens with two attached hydrogens (primary N) is 1. The van der Waals surface area contributed by atoms with Crippen LogP contribution in [0.4, 0.5) is 4.39 Å². The molecular weight excluding hydrogens is 273 g/mol. The van der Waals surface area contributed by atoms with E-state index in [0.717, 1.165) is 0 Å². The second-order valence-electron chi connectivity index (χ2n) is 4.36. The first-order chi connectivity index (χ1) is 9.10. The average molecular weight is 288 g/mol. The van der Waals surface area contributed by atoms with Crippen molar-refractivity contribution in [2.45, 2.75) is 12.6 Å². The molecule has 1 atom stereocenters. The lowest BCUT2D eigenvalue weighted by Crippen LogP contribution is -2.48. The zero-order valence-corrected chi connectivity index (χ0v) is 11.0. The van der Waals surface area contributed by atoms with Gasteiger partial charge in [0, 0.05) is 24.7 Å². The van der Waals surface area contributed by atoms with Crippen molar-refractivity contribution in [3.05, 3.63) is 34.6 Å². The molecule has 19 heavy (non-hydrogen) atoms. The molecule has 1 aromatic rings. The summed E-state index contributed by atoms with van der Waals surface area (Å²) in [6.45, 7) is 2.12. The van der Waals surface area contributed by atoms with Crippen LogP contribution in [0.2, 0.25) is 5.02 Å². The summed E-state index contributed by atoms with van der Waals surface area (Å²) in [6.07, 6.45) is -0.453. The Morgan fingerprint density at radius 3 is 3.16 bits per heavy atom. The summed E-state index contributed by atoms with van der Waals surface area (Å²) in [6, 6.07) is 4.27. The minimum absolute atomic E-state index is 0.0371. The Hall–Kier alpha value is -1.37. The molecule has 1 fully saturated rings. The van der Waals surface area contributed by atoms with Crippen molar-refractivity contribution in [1.29, 1.82) is 0 Å². The third-order valence-corrected chi connectivity index (χ3v) is 3.37. The lowest BCUT2D eigenvalue weighted by atomic mass is 10.1. The molecule has 0 aliphatic carbocycles. The van der Waals surface area contributed by atoms with E-state index in [-0.39, 0.29) is 11.7 Å². The summed E-state index contributed by atoms with van der Waals surface area (Å²) in [5.74, 6) is -0.282. The number of nitrogens with zero attached hydrogens (tertiary/aromatic N) is 2. The monoisotopic (exact) mass is 287 g/mol. The van der Waals surface area contributed by atoms with Gasteiger partial charge in [0.2, 0.25) is 0 Å². The number of halogens is 2. The quantitative estimate of drug-likeness (QED) is 0.382.